The van der Waals surface area contributed by atoms with Crippen molar-refractivity contribution in [1.82, 2.24) is 5.01 Å². The maximum atomic E-state index is 12.9. The average Bonchev–Trinajstić information content (AvgIpc) is 3.06. The van der Waals surface area contributed by atoms with Crippen molar-refractivity contribution < 1.29 is 27.5 Å². The molecule has 1 N–H and O–H groups in total. The molecule has 1 aliphatic rings. The van der Waals surface area contributed by atoms with Crippen LogP contribution in [0, 0.1) is 12.3 Å². The van der Waals surface area contributed by atoms with Gasteiger partial charge in [-0.15, -0.1) is 0 Å². The van der Waals surface area contributed by atoms with E-state index in [1.165, 1.54) is 18.0 Å². The monoisotopic (exact) mass is 481 g/mol. The summed E-state index contributed by atoms with van der Waals surface area (Å²) in [6.07, 6.45) is -4.47. The molecule has 1 aliphatic heterocycles. The molecule has 0 spiro atoms. The largest absolute Gasteiger partial charge is 0.465 e. The number of nitrogens with one attached hydrogen (secondary N) is 1. The Labute approximate surface area is 194 Å². The third-order valence-corrected chi connectivity index (χ3v) is 5.51. The van der Waals surface area contributed by atoms with Crippen molar-refractivity contribution in [1.29, 1.82) is 0 Å². The first-order valence-electron chi connectivity index (χ1n) is 10.2. The van der Waals surface area contributed by atoms with Crippen molar-refractivity contribution in [3.63, 3.8) is 0 Å². The summed E-state index contributed by atoms with van der Waals surface area (Å²) in [7, 11) is 0. The van der Waals surface area contributed by atoms with Crippen molar-refractivity contribution in [3.05, 3.63) is 64.2 Å². The van der Waals surface area contributed by atoms with Crippen molar-refractivity contribution in [2.45, 2.75) is 26.9 Å². The number of aryl methyl sites for hydroxylation is 1. The van der Waals surface area contributed by atoms with E-state index >= 15 is 0 Å². The maximum Gasteiger partial charge on any atom is 0.416 e. The van der Waals surface area contributed by atoms with Gasteiger partial charge in [0.25, 0.3) is 0 Å². The molecule has 0 aromatic heterocycles. The molecule has 0 radical (unpaired) electrons. The summed E-state index contributed by atoms with van der Waals surface area (Å²) in [6, 6.07) is 9.90. The molecule has 10 heteroatoms. The summed E-state index contributed by atoms with van der Waals surface area (Å²) in [5, 5.41) is 9.07. The number of amides is 1. The van der Waals surface area contributed by atoms with Crippen molar-refractivity contribution in [2.75, 3.05) is 25.0 Å². The predicted octanol–water partition coefficient (Wildman–Crippen LogP) is 4.90. The van der Waals surface area contributed by atoms with Gasteiger partial charge in [0, 0.05) is 10.7 Å². The van der Waals surface area contributed by atoms with E-state index in [0.29, 0.717) is 16.3 Å². The molecule has 33 heavy (non-hydrogen) atoms. The van der Waals surface area contributed by atoms with Crippen LogP contribution >= 0.6 is 11.6 Å². The summed E-state index contributed by atoms with van der Waals surface area (Å²) in [6.45, 7) is 4.96. The zero-order valence-electron chi connectivity index (χ0n) is 18.3. The van der Waals surface area contributed by atoms with E-state index in [-0.39, 0.29) is 30.9 Å². The normalized spacial score (nSPS) is 18.2. The van der Waals surface area contributed by atoms with Crippen LogP contribution in [-0.4, -0.2) is 42.3 Å². The first-order valence-corrected chi connectivity index (χ1v) is 10.6. The minimum atomic E-state index is -4.47. The molecule has 6 nitrogen and oxygen atoms in total. The number of hydrazone groups is 1. The van der Waals surface area contributed by atoms with Gasteiger partial charge in [0.1, 0.15) is 12.0 Å². The lowest BCUT2D eigenvalue weighted by atomic mass is 9.82. The molecule has 0 bridgehead atoms. The fourth-order valence-electron chi connectivity index (χ4n) is 3.59. The van der Waals surface area contributed by atoms with Crippen LogP contribution in [0.4, 0.5) is 18.9 Å². The highest BCUT2D eigenvalue weighted by molar-refractivity contribution is 6.30. The molecule has 176 valence electrons. The van der Waals surface area contributed by atoms with E-state index in [1.807, 2.05) is 0 Å². The molecule has 2 aromatic carbocycles. The molecule has 1 atom stereocenters. The molecular formula is C23H23ClF3N3O3. The first-order chi connectivity index (χ1) is 15.4. The number of carbonyl (C=O) groups is 2. The van der Waals surface area contributed by atoms with Crippen LogP contribution in [0.5, 0.6) is 0 Å². The van der Waals surface area contributed by atoms with Gasteiger partial charge in [-0.2, -0.15) is 18.3 Å². The molecule has 0 fully saturated rings. The second-order valence-electron chi connectivity index (χ2n) is 7.91. The third-order valence-electron chi connectivity index (χ3n) is 5.26. The number of alkyl halides is 3. The molecule has 2 aromatic rings. The van der Waals surface area contributed by atoms with E-state index in [1.54, 1.807) is 38.1 Å². The summed E-state index contributed by atoms with van der Waals surface area (Å²) in [4.78, 5) is 25.4. The van der Waals surface area contributed by atoms with Crippen molar-refractivity contribution >= 4 is 34.9 Å². The number of hydrogen-bond donors (Lipinski definition) is 1. The lowest BCUT2D eigenvalue weighted by molar-refractivity contribution is -0.150. The smallest absolute Gasteiger partial charge is 0.416 e. The molecule has 0 saturated carbocycles. The third kappa shape index (κ3) is 5.47. The van der Waals surface area contributed by atoms with Crippen molar-refractivity contribution in [3.8, 4) is 0 Å². The first kappa shape index (κ1) is 24.6. The van der Waals surface area contributed by atoms with Gasteiger partial charge in [-0.25, -0.2) is 0 Å². The lowest BCUT2D eigenvalue weighted by Gasteiger charge is -2.24. The highest BCUT2D eigenvalue weighted by Crippen LogP contribution is 2.34. The number of nitrogens with zero attached hydrogens (tertiary/aromatic N) is 2. The molecule has 3 rings (SSSR count). The molecule has 0 aliphatic carbocycles. The van der Waals surface area contributed by atoms with Crippen LogP contribution in [0.25, 0.3) is 0 Å². The molecule has 1 amide bonds. The number of ether oxygens (including phenoxy) is 1. The molecular weight excluding hydrogens is 459 g/mol. The van der Waals surface area contributed by atoms with Crippen LogP contribution in [-0.2, 0) is 20.5 Å². The molecule has 0 saturated heterocycles. The minimum Gasteiger partial charge on any atom is -0.465 e. The summed E-state index contributed by atoms with van der Waals surface area (Å²) >= 11 is 5.97. The van der Waals surface area contributed by atoms with Gasteiger partial charge in [-0.3, -0.25) is 14.6 Å². The average molecular weight is 482 g/mol. The van der Waals surface area contributed by atoms with E-state index in [2.05, 4.69) is 10.4 Å². The highest BCUT2D eigenvalue weighted by atomic mass is 35.5. The fraction of sp³-hybridized carbons (Fsp3) is 0.348. The van der Waals surface area contributed by atoms with E-state index in [0.717, 1.165) is 12.1 Å². The summed E-state index contributed by atoms with van der Waals surface area (Å²) < 4.78 is 43.9. The Morgan fingerprint density at radius 2 is 1.88 bits per heavy atom. The highest BCUT2D eigenvalue weighted by Gasteiger charge is 2.47. The van der Waals surface area contributed by atoms with Gasteiger partial charge in [-0.1, -0.05) is 23.7 Å². The van der Waals surface area contributed by atoms with Crippen LogP contribution in [0.1, 0.15) is 30.5 Å². The minimum absolute atomic E-state index is 0.100. The zero-order valence-corrected chi connectivity index (χ0v) is 19.0. The second kappa shape index (κ2) is 9.43. The topological polar surface area (TPSA) is 71.0 Å². The number of rotatable bonds is 6. The standard InChI is InChI=1S/C23H23ClF3N3O3/c1-4-33-21(32)22(3)13-30(29-20(22)15-5-8-17(24)9-6-15)12-19(31)28-18-10-7-16(11-14(18)2)23(25,26)27/h5-11H,4,12-13H2,1-3H3,(H,28,31). The van der Waals surface area contributed by atoms with Crippen LogP contribution in [0.3, 0.4) is 0 Å². The number of hydrogen-bond acceptors (Lipinski definition) is 5. The van der Waals surface area contributed by atoms with E-state index in [9.17, 15) is 22.8 Å². The Morgan fingerprint density at radius 1 is 1.21 bits per heavy atom. The molecule has 1 heterocycles. The molecule has 1 unspecified atom stereocenters. The Hall–Kier alpha value is -3.07. The maximum absolute atomic E-state index is 12.9. The van der Waals surface area contributed by atoms with E-state index in [4.69, 9.17) is 16.3 Å². The number of anilines is 1. The van der Waals surface area contributed by atoms with Crippen LogP contribution in [0.2, 0.25) is 5.02 Å². The fourth-order valence-corrected chi connectivity index (χ4v) is 3.72. The second-order valence-corrected chi connectivity index (χ2v) is 8.34. The SMILES string of the molecule is CCOC(=O)C1(C)CN(CC(=O)Nc2ccc(C(F)(F)F)cc2C)N=C1c1ccc(Cl)cc1. The zero-order chi connectivity index (χ0) is 24.4. The summed E-state index contributed by atoms with van der Waals surface area (Å²) in [5.41, 5.74) is -0.259. The Kier molecular flexibility index (Phi) is 7.02. The number of benzene rings is 2. The quantitative estimate of drug-likeness (QED) is 0.596. The summed E-state index contributed by atoms with van der Waals surface area (Å²) in [5.74, 6) is -0.953. The van der Waals surface area contributed by atoms with E-state index < -0.39 is 29.0 Å². The lowest BCUT2D eigenvalue weighted by Crippen LogP contribution is -2.41. The van der Waals surface area contributed by atoms with Gasteiger partial charge in [0.2, 0.25) is 5.91 Å². The van der Waals surface area contributed by atoms with Crippen LogP contribution < -0.4 is 5.32 Å². The number of esters is 1. The Balaban J connectivity index is 1.79. The van der Waals surface area contributed by atoms with Crippen LogP contribution in [0.15, 0.2) is 47.6 Å². The number of halogens is 4. The van der Waals surface area contributed by atoms with Crippen molar-refractivity contribution in [2.24, 2.45) is 10.5 Å². The number of carbonyl (C=O) groups excluding carboxylic acids is 2. The van der Waals surface area contributed by atoms with Gasteiger partial charge in [-0.05, 0) is 62.2 Å². The van der Waals surface area contributed by atoms with Gasteiger partial charge in [0.15, 0.2) is 0 Å². The van der Waals surface area contributed by atoms with Gasteiger partial charge in [0.05, 0.1) is 24.4 Å². The predicted molar refractivity (Wildman–Crippen MR) is 119 cm³/mol. The Bertz CT molecular complexity index is 1090. The Morgan fingerprint density at radius 3 is 2.45 bits per heavy atom. The van der Waals surface area contributed by atoms with Gasteiger partial charge < -0.3 is 10.1 Å². The van der Waals surface area contributed by atoms with Gasteiger partial charge >= 0.3 is 12.1 Å².